The molecule has 28 heavy (non-hydrogen) atoms. The van der Waals surface area contributed by atoms with Crippen LogP contribution in [0, 0.1) is 0 Å². The van der Waals surface area contributed by atoms with Crippen LogP contribution in [0.2, 0.25) is 0 Å². The molecule has 2 saturated heterocycles. The number of hydrogen-bond donors (Lipinski definition) is 0. The van der Waals surface area contributed by atoms with Crippen molar-refractivity contribution in [2.45, 2.75) is 19.4 Å². The Labute approximate surface area is 165 Å². The molecule has 1 aliphatic carbocycles. The molecule has 1 aromatic heterocycles. The number of nitrogens with zero attached hydrogens (tertiary/aromatic N) is 6. The van der Waals surface area contributed by atoms with E-state index in [1.165, 1.54) is 13.1 Å². The molecule has 8 nitrogen and oxygen atoms in total. The Morgan fingerprint density at radius 3 is 2.25 bits per heavy atom. The number of amides is 1. The van der Waals surface area contributed by atoms with E-state index in [2.05, 4.69) is 36.8 Å². The van der Waals surface area contributed by atoms with Crippen molar-refractivity contribution in [3.63, 3.8) is 0 Å². The number of hydrogen-bond acceptors (Lipinski definition) is 7. The molecule has 0 aromatic carbocycles. The zero-order valence-electron chi connectivity index (χ0n) is 16.5. The Kier molecular flexibility index (Phi) is 5.68. The number of anilines is 1. The topological polar surface area (TPSA) is 72.9 Å². The first-order valence-corrected chi connectivity index (χ1v) is 10.1. The van der Waals surface area contributed by atoms with E-state index in [-0.39, 0.29) is 11.7 Å². The molecule has 1 aromatic rings. The minimum absolute atomic E-state index is 0.0765. The van der Waals surface area contributed by atoms with Crippen molar-refractivity contribution in [3.8, 4) is 0 Å². The Morgan fingerprint density at radius 2 is 1.71 bits per heavy atom. The van der Waals surface area contributed by atoms with Crippen molar-refractivity contribution < 1.29 is 9.59 Å². The summed E-state index contributed by atoms with van der Waals surface area (Å²) in [5.41, 5.74) is 0.390. The van der Waals surface area contributed by atoms with Gasteiger partial charge in [0.05, 0.1) is 18.9 Å². The SMILES string of the molecule is CC(=O)c1cnc(N2CCN(CC(=O)N3CCN(C4C=CC4)CC3)CC2)cn1. The molecule has 2 fully saturated rings. The van der Waals surface area contributed by atoms with Crippen LogP contribution in [-0.4, -0.2) is 101 Å². The summed E-state index contributed by atoms with van der Waals surface area (Å²) in [6.45, 7) is 8.88. The second kappa shape index (κ2) is 8.36. The van der Waals surface area contributed by atoms with E-state index in [4.69, 9.17) is 0 Å². The fourth-order valence-corrected chi connectivity index (χ4v) is 3.92. The normalized spacial score (nSPS) is 23.5. The van der Waals surface area contributed by atoms with Gasteiger partial charge in [-0.05, 0) is 6.42 Å². The molecule has 8 heteroatoms. The Balaban J connectivity index is 1.21. The summed E-state index contributed by atoms with van der Waals surface area (Å²) in [6.07, 6.45) is 8.82. The van der Waals surface area contributed by atoms with Gasteiger partial charge in [0.15, 0.2) is 5.78 Å². The van der Waals surface area contributed by atoms with Crippen LogP contribution in [0.25, 0.3) is 0 Å². The Morgan fingerprint density at radius 1 is 1.00 bits per heavy atom. The average Bonchev–Trinajstić information content (AvgIpc) is 2.68. The summed E-state index contributed by atoms with van der Waals surface area (Å²) in [4.78, 5) is 41.4. The van der Waals surface area contributed by atoms with Crippen LogP contribution in [0.15, 0.2) is 24.5 Å². The zero-order chi connectivity index (χ0) is 19.5. The second-order valence-electron chi connectivity index (χ2n) is 7.73. The summed E-state index contributed by atoms with van der Waals surface area (Å²) in [7, 11) is 0. The van der Waals surface area contributed by atoms with E-state index in [1.54, 1.807) is 6.20 Å². The predicted octanol–water partition coefficient (Wildman–Crippen LogP) is 0.274. The van der Waals surface area contributed by atoms with E-state index in [9.17, 15) is 9.59 Å². The van der Waals surface area contributed by atoms with Gasteiger partial charge >= 0.3 is 0 Å². The molecule has 0 radical (unpaired) electrons. The fraction of sp³-hybridized carbons (Fsp3) is 0.600. The maximum absolute atomic E-state index is 12.7. The second-order valence-corrected chi connectivity index (χ2v) is 7.73. The molecule has 0 N–H and O–H groups in total. The number of rotatable bonds is 5. The lowest BCUT2D eigenvalue weighted by atomic mass is 10.0. The number of ketones is 1. The summed E-state index contributed by atoms with van der Waals surface area (Å²) in [5, 5.41) is 0. The third kappa shape index (κ3) is 4.23. The summed E-state index contributed by atoms with van der Waals surface area (Å²) in [6, 6.07) is 0.595. The third-order valence-corrected chi connectivity index (χ3v) is 5.93. The van der Waals surface area contributed by atoms with Crippen molar-refractivity contribution >= 4 is 17.5 Å². The van der Waals surface area contributed by atoms with Gasteiger partial charge in [0.25, 0.3) is 0 Å². The smallest absolute Gasteiger partial charge is 0.236 e. The predicted molar refractivity (Wildman–Crippen MR) is 106 cm³/mol. The van der Waals surface area contributed by atoms with Crippen LogP contribution in [0.3, 0.4) is 0 Å². The summed E-state index contributed by atoms with van der Waals surface area (Å²) < 4.78 is 0. The minimum atomic E-state index is -0.0765. The lowest BCUT2D eigenvalue weighted by Gasteiger charge is -2.41. The highest BCUT2D eigenvalue weighted by molar-refractivity contribution is 5.91. The van der Waals surface area contributed by atoms with Gasteiger partial charge in [-0.1, -0.05) is 12.2 Å². The maximum Gasteiger partial charge on any atom is 0.236 e. The number of carbonyl (C=O) groups excluding carboxylic acids is 2. The highest BCUT2D eigenvalue weighted by Crippen LogP contribution is 2.18. The van der Waals surface area contributed by atoms with Crippen molar-refractivity contribution in [2.75, 3.05) is 63.8 Å². The Bertz CT molecular complexity index is 734. The van der Waals surface area contributed by atoms with Crippen LogP contribution in [0.5, 0.6) is 0 Å². The Hall–Kier alpha value is -2.32. The molecule has 2 aliphatic heterocycles. The van der Waals surface area contributed by atoms with E-state index >= 15 is 0 Å². The van der Waals surface area contributed by atoms with E-state index < -0.39 is 0 Å². The van der Waals surface area contributed by atoms with Crippen LogP contribution in [-0.2, 0) is 4.79 Å². The van der Waals surface area contributed by atoms with Gasteiger partial charge in [-0.3, -0.25) is 19.4 Å². The quantitative estimate of drug-likeness (QED) is 0.533. The number of carbonyl (C=O) groups is 2. The fourth-order valence-electron chi connectivity index (χ4n) is 3.92. The summed E-state index contributed by atoms with van der Waals surface area (Å²) in [5.74, 6) is 0.951. The van der Waals surface area contributed by atoms with Gasteiger partial charge in [-0.15, -0.1) is 0 Å². The monoisotopic (exact) mass is 384 g/mol. The minimum Gasteiger partial charge on any atom is -0.353 e. The third-order valence-electron chi connectivity index (χ3n) is 5.93. The first-order valence-electron chi connectivity index (χ1n) is 10.1. The molecule has 150 valence electrons. The lowest BCUT2D eigenvalue weighted by Crippen LogP contribution is -2.55. The molecule has 0 bridgehead atoms. The van der Waals surface area contributed by atoms with Crippen LogP contribution >= 0.6 is 0 Å². The van der Waals surface area contributed by atoms with Crippen LogP contribution in [0.1, 0.15) is 23.8 Å². The van der Waals surface area contributed by atoms with Gasteiger partial charge in [0.2, 0.25) is 5.91 Å². The van der Waals surface area contributed by atoms with Crippen molar-refractivity contribution in [3.05, 3.63) is 30.2 Å². The molecule has 1 amide bonds. The van der Waals surface area contributed by atoms with Gasteiger partial charge < -0.3 is 9.80 Å². The molecule has 0 spiro atoms. The number of aromatic nitrogens is 2. The highest BCUT2D eigenvalue weighted by Gasteiger charge is 2.28. The molecular weight excluding hydrogens is 356 g/mol. The van der Waals surface area contributed by atoms with Crippen LogP contribution in [0.4, 0.5) is 5.82 Å². The number of piperazine rings is 2. The first-order chi connectivity index (χ1) is 13.6. The average molecular weight is 384 g/mol. The van der Waals surface area contributed by atoms with Crippen molar-refractivity contribution in [2.24, 2.45) is 0 Å². The van der Waals surface area contributed by atoms with Crippen molar-refractivity contribution in [1.29, 1.82) is 0 Å². The van der Waals surface area contributed by atoms with Crippen molar-refractivity contribution in [1.82, 2.24) is 24.7 Å². The molecular formula is C20H28N6O2. The van der Waals surface area contributed by atoms with Gasteiger partial charge in [-0.25, -0.2) is 9.97 Å². The summed E-state index contributed by atoms with van der Waals surface area (Å²) >= 11 is 0. The van der Waals surface area contributed by atoms with E-state index in [0.29, 0.717) is 18.3 Å². The standard InChI is InChI=1S/C20H28N6O2/c1-16(27)18-13-22-19(14-21-18)25-7-5-23(6-8-25)15-20(28)26-11-9-24(10-12-26)17-3-2-4-17/h2-3,13-14,17H,4-12,15H2,1H3. The largest absolute Gasteiger partial charge is 0.353 e. The zero-order valence-corrected chi connectivity index (χ0v) is 16.5. The van der Waals surface area contributed by atoms with E-state index in [0.717, 1.165) is 64.6 Å². The molecule has 3 heterocycles. The van der Waals surface area contributed by atoms with Gasteiger partial charge in [-0.2, -0.15) is 0 Å². The first kappa shape index (κ1) is 19.0. The molecule has 1 atom stereocenters. The van der Waals surface area contributed by atoms with Gasteiger partial charge in [0, 0.05) is 65.3 Å². The molecule has 3 aliphatic rings. The highest BCUT2D eigenvalue weighted by atomic mass is 16.2. The van der Waals surface area contributed by atoms with E-state index in [1.807, 2.05) is 4.90 Å². The van der Waals surface area contributed by atoms with Crippen LogP contribution < -0.4 is 4.90 Å². The molecule has 1 unspecified atom stereocenters. The number of Topliss-reactive ketones (excluding diaryl/α,β-unsaturated/α-hetero) is 1. The molecule has 0 saturated carbocycles. The maximum atomic E-state index is 12.7. The lowest BCUT2D eigenvalue weighted by molar-refractivity contribution is -0.134. The molecule has 4 rings (SSSR count). The van der Waals surface area contributed by atoms with Gasteiger partial charge in [0.1, 0.15) is 11.5 Å².